The average Bonchev–Trinajstić information content (AvgIpc) is 2.63. The molecule has 0 heterocycles. The van der Waals surface area contributed by atoms with Crippen LogP contribution in [0, 0.1) is 0 Å². The fourth-order valence-corrected chi connectivity index (χ4v) is 2.46. The van der Waals surface area contributed by atoms with Gasteiger partial charge in [-0.2, -0.15) is 13.1 Å². The van der Waals surface area contributed by atoms with Gasteiger partial charge in [-0.15, -0.1) is 0 Å². The number of ether oxygens (including phenoxy) is 1. The molecule has 1 rings (SSSR count). The van der Waals surface area contributed by atoms with E-state index in [-0.39, 0.29) is 6.54 Å². The predicted molar refractivity (Wildman–Crippen MR) is 55.9 cm³/mol. The molecule has 1 aliphatic carbocycles. The molecule has 0 atom stereocenters. The van der Waals surface area contributed by atoms with E-state index in [2.05, 4.69) is 9.46 Å². The van der Waals surface area contributed by atoms with Gasteiger partial charge in [-0.05, 0) is 12.8 Å². The predicted octanol–water partition coefficient (Wildman–Crippen LogP) is -0.518. The topological polar surface area (TPSA) is 105 Å². The molecule has 0 saturated heterocycles. The molecule has 1 fully saturated rings. The highest BCUT2D eigenvalue weighted by Crippen LogP contribution is 2.28. The second kappa shape index (κ2) is 4.98. The smallest absolute Gasteiger partial charge is 0.421 e. The molecular weight excluding hydrogens is 236 g/mol. The average molecular weight is 252 g/mol. The molecule has 0 spiro atoms. The molecule has 0 aromatic carbocycles. The van der Waals surface area contributed by atoms with Crippen molar-refractivity contribution in [3.63, 3.8) is 0 Å². The number of methoxy groups -OCH3 is 1. The zero-order chi connectivity index (χ0) is 12.2. The first kappa shape index (κ1) is 13.2. The molecule has 0 unspecified atom stereocenters. The Kier molecular flexibility index (Phi) is 4.11. The summed E-state index contributed by atoms with van der Waals surface area (Å²) in [5.74, 6) is 0. The molecule has 8 heteroatoms. The summed E-state index contributed by atoms with van der Waals surface area (Å²) >= 11 is 0. The van der Waals surface area contributed by atoms with Crippen LogP contribution in [0.15, 0.2) is 0 Å². The lowest BCUT2D eigenvalue weighted by atomic mass is 10.0. The van der Waals surface area contributed by atoms with Gasteiger partial charge in [0.25, 0.3) is 0 Å². The van der Waals surface area contributed by atoms with Crippen LogP contribution in [0.5, 0.6) is 0 Å². The summed E-state index contributed by atoms with van der Waals surface area (Å²) in [4.78, 5) is 10.7. The lowest BCUT2D eigenvalue weighted by molar-refractivity contribution is 0.0530. The monoisotopic (exact) mass is 252 g/mol. The van der Waals surface area contributed by atoms with E-state index in [1.54, 1.807) is 4.72 Å². The second-order valence-corrected chi connectivity index (χ2v) is 5.35. The third kappa shape index (κ3) is 3.95. The zero-order valence-corrected chi connectivity index (χ0v) is 9.84. The summed E-state index contributed by atoms with van der Waals surface area (Å²) in [5.41, 5.74) is -0.995. The van der Waals surface area contributed by atoms with Crippen molar-refractivity contribution in [1.82, 2.24) is 9.44 Å². The Morgan fingerprint density at radius 3 is 2.50 bits per heavy atom. The highest BCUT2D eigenvalue weighted by molar-refractivity contribution is 7.88. The maximum atomic E-state index is 11.3. The minimum atomic E-state index is -3.95. The normalized spacial score (nSPS) is 19.4. The summed E-state index contributed by atoms with van der Waals surface area (Å²) in [6, 6.07) is 0. The van der Waals surface area contributed by atoms with E-state index in [4.69, 9.17) is 0 Å². The lowest BCUT2D eigenvalue weighted by Crippen LogP contribution is -2.46. The van der Waals surface area contributed by atoms with Gasteiger partial charge >= 0.3 is 16.3 Å². The number of carbonyl (C=O) groups is 1. The lowest BCUT2D eigenvalue weighted by Gasteiger charge is -2.22. The Bertz CT molecular complexity index is 347. The van der Waals surface area contributed by atoms with E-state index in [1.165, 1.54) is 0 Å². The van der Waals surface area contributed by atoms with Crippen molar-refractivity contribution >= 4 is 16.3 Å². The first-order valence-corrected chi connectivity index (χ1v) is 6.43. The minimum Gasteiger partial charge on any atom is -0.452 e. The van der Waals surface area contributed by atoms with Crippen molar-refractivity contribution in [3.8, 4) is 0 Å². The number of carbonyl (C=O) groups excluding carboxylic acids is 1. The van der Waals surface area contributed by atoms with Gasteiger partial charge < -0.3 is 9.84 Å². The number of hydrogen-bond acceptors (Lipinski definition) is 5. The van der Waals surface area contributed by atoms with E-state index in [0.29, 0.717) is 12.8 Å². The fourth-order valence-electron chi connectivity index (χ4n) is 1.63. The molecule has 1 aliphatic rings. The van der Waals surface area contributed by atoms with E-state index in [0.717, 1.165) is 20.0 Å². The van der Waals surface area contributed by atoms with Gasteiger partial charge in [-0.1, -0.05) is 12.8 Å². The maximum absolute atomic E-state index is 11.3. The largest absolute Gasteiger partial charge is 0.452 e. The van der Waals surface area contributed by atoms with Gasteiger partial charge in [0.15, 0.2) is 0 Å². The Morgan fingerprint density at radius 1 is 1.44 bits per heavy atom. The van der Waals surface area contributed by atoms with Crippen LogP contribution in [0.25, 0.3) is 0 Å². The van der Waals surface area contributed by atoms with Gasteiger partial charge in [0, 0.05) is 6.54 Å². The summed E-state index contributed by atoms with van der Waals surface area (Å²) in [5, 5.41) is 9.88. The maximum Gasteiger partial charge on any atom is 0.421 e. The van der Waals surface area contributed by atoms with Crippen LogP contribution in [0.2, 0.25) is 0 Å². The Balaban J connectivity index is 2.44. The zero-order valence-electron chi connectivity index (χ0n) is 9.02. The Morgan fingerprint density at radius 2 is 2.00 bits per heavy atom. The van der Waals surface area contributed by atoms with Crippen molar-refractivity contribution in [2.75, 3.05) is 13.7 Å². The highest BCUT2D eigenvalue weighted by atomic mass is 32.2. The van der Waals surface area contributed by atoms with Gasteiger partial charge in [-0.3, -0.25) is 0 Å². The number of rotatable bonds is 4. The van der Waals surface area contributed by atoms with Crippen molar-refractivity contribution in [1.29, 1.82) is 0 Å². The van der Waals surface area contributed by atoms with Crippen LogP contribution in [0.3, 0.4) is 0 Å². The molecule has 0 radical (unpaired) electrons. The quantitative estimate of drug-likeness (QED) is 0.624. The first-order chi connectivity index (χ1) is 7.37. The molecule has 0 aromatic heterocycles. The summed E-state index contributed by atoms with van der Waals surface area (Å²) in [6.07, 6.45) is 1.82. The van der Waals surface area contributed by atoms with Crippen LogP contribution >= 0.6 is 0 Å². The first-order valence-electron chi connectivity index (χ1n) is 4.95. The van der Waals surface area contributed by atoms with Crippen molar-refractivity contribution in [3.05, 3.63) is 0 Å². The van der Waals surface area contributed by atoms with Crippen molar-refractivity contribution < 1.29 is 23.1 Å². The van der Waals surface area contributed by atoms with E-state index >= 15 is 0 Å². The fraction of sp³-hybridized carbons (Fsp3) is 0.875. The molecule has 0 aliphatic heterocycles. The molecule has 3 N–H and O–H groups in total. The molecule has 0 bridgehead atoms. The summed E-state index contributed by atoms with van der Waals surface area (Å²) < 4.78 is 30.4. The van der Waals surface area contributed by atoms with E-state index in [1.807, 2.05) is 0 Å². The molecule has 7 nitrogen and oxygen atoms in total. The van der Waals surface area contributed by atoms with Crippen LogP contribution in [0.1, 0.15) is 25.7 Å². The summed E-state index contributed by atoms with van der Waals surface area (Å²) in [7, 11) is -2.89. The van der Waals surface area contributed by atoms with Crippen molar-refractivity contribution in [2.24, 2.45) is 0 Å². The van der Waals surface area contributed by atoms with Gasteiger partial charge in [0.05, 0.1) is 12.7 Å². The standard InChI is InChI=1S/C8H16N2O5S/c1-15-7(11)10-16(13,14)9-6-8(12)4-2-3-5-8/h9,12H,2-6H2,1H3,(H,10,11). The van der Waals surface area contributed by atoms with Crippen LogP contribution in [-0.2, 0) is 14.9 Å². The molecule has 1 amide bonds. The van der Waals surface area contributed by atoms with Crippen LogP contribution in [0.4, 0.5) is 4.79 Å². The molecule has 16 heavy (non-hydrogen) atoms. The second-order valence-electron chi connectivity index (χ2n) is 3.85. The molecule has 94 valence electrons. The minimum absolute atomic E-state index is 0.0979. The summed E-state index contributed by atoms with van der Waals surface area (Å²) in [6.45, 7) is -0.0979. The SMILES string of the molecule is COC(=O)NS(=O)(=O)NCC1(O)CCCC1. The Labute approximate surface area is 94.4 Å². The van der Waals surface area contributed by atoms with Gasteiger partial charge in [-0.25, -0.2) is 9.52 Å². The molecule has 0 aromatic rings. The van der Waals surface area contributed by atoms with Gasteiger partial charge in [0.1, 0.15) is 0 Å². The van der Waals surface area contributed by atoms with E-state index < -0.39 is 21.9 Å². The van der Waals surface area contributed by atoms with Crippen molar-refractivity contribution in [2.45, 2.75) is 31.3 Å². The number of amides is 1. The third-order valence-electron chi connectivity index (χ3n) is 2.53. The number of hydrogen-bond donors (Lipinski definition) is 3. The van der Waals surface area contributed by atoms with Crippen LogP contribution in [-0.4, -0.2) is 38.9 Å². The molecular formula is C8H16N2O5S. The molecule has 1 saturated carbocycles. The third-order valence-corrected chi connectivity index (χ3v) is 3.49. The van der Waals surface area contributed by atoms with Crippen LogP contribution < -0.4 is 9.44 Å². The Hall–Kier alpha value is -0.860. The number of nitrogens with one attached hydrogen (secondary N) is 2. The van der Waals surface area contributed by atoms with Gasteiger partial charge in [0.2, 0.25) is 0 Å². The van der Waals surface area contributed by atoms with E-state index in [9.17, 15) is 18.3 Å². The highest BCUT2D eigenvalue weighted by Gasteiger charge is 2.32. The number of aliphatic hydroxyl groups is 1.